The lowest BCUT2D eigenvalue weighted by Gasteiger charge is -2.18. The van der Waals surface area contributed by atoms with Crippen LogP contribution in [0.25, 0.3) is 0 Å². The Balaban J connectivity index is 2.18. The van der Waals surface area contributed by atoms with Crippen LogP contribution in [0.5, 0.6) is 11.5 Å². The number of amides is 1. The van der Waals surface area contributed by atoms with Crippen molar-refractivity contribution in [3.63, 3.8) is 0 Å². The van der Waals surface area contributed by atoms with Crippen LogP contribution in [-0.2, 0) is 10.0 Å². The van der Waals surface area contributed by atoms with Crippen molar-refractivity contribution >= 4 is 21.6 Å². The summed E-state index contributed by atoms with van der Waals surface area (Å²) in [6.07, 6.45) is 0. The number of rotatable bonds is 10. The highest BCUT2D eigenvalue weighted by atomic mass is 32.2. The van der Waals surface area contributed by atoms with Crippen molar-refractivity contribution in [2.24, 2.45) is 0 Å². The van der Waals surface area contributed by atoms with Crippen LogP contribution in [0, 0.1) is 0 Å². The summed E-state index contributed by atoms with van der Waals surface area (Å²) in [7, 11) is -3.55. The highest BCUT2D eigenvalue weighted by Gasteiger charge is 2.21. The van der Waals surface area contributed by atoms with E-state index in [9.17, 15) is 13.2 Å². The van der Waals surface area contributed by atoms with Crippen LogP contribution in [0.4, 0.5) is 5.69 Å². The van der Waals surface area contributed by atoms with E-state index in [1.165, 1.54) is 28.6 Å². The molecule has 0 heterocycles. The molecule has 1 amide bonds. The molecule has 8 heteroatoms. The molecule has 2 rings (SSSR count). The van der Waals surface area contributed by atoms with Crippen molar-refractivity contribution in [3.05, 3.63) is 48.0 Å². The van der Waals surface area contributed by atoms with Crippen LogP contribution in [0.2, 0.25) is 0 Å². The number of benzene rings is 2. The van der Waals surface area contributed by atoms with Crippen LogP contribution >= 0.6 is 0 Å². The zero-order valence-electron chi connectivity index (χ0n) is 17.3. The van der Waals surface area contributed by atoms with E-state index in [1.807, 2.05) is 13.8 Å². The Morgan fingerprint density at radius 3 is 2.03 bits per heavy atom. The zero-order chi connectivity index (χ0) is 21.4. The van der Waals surface area contributed by atoms with Crippen molar-refractivity contribution in [2.45, 2.75) is 32.6 Å². The Hall–Kier alpha value is -2.58. The predicted molar refractivity (Wildman–Crippen MR) is 113 cm³/mol. The second kappa shape index (κ2) is 10.3. The average molecular weight is 421 g/mol. The van der Waals surface area contributed by atoms with Gasteiger partial charge < -0.3 is 14.8 Å². The number of hydrogen-bond acceptors (Lipinski definition) is 5. The standard InChI is InChI=1S/C21H28N2O5S/c1-5-23(6-2)29(25,26)18-12-9-16(10-13-18)21(24)22-17-11-14-19(27-7-3)20(15-17)28-8-4/h9-15H,5-8H2,1-4H3,(H,22,24). The monoisotopic (exact) mass is 420 g/mol. The molecule has 1 N–H and O–H groups in total. The van der Waals surface area contributed by atoms with Gasteiger partial charge in [0.15, 0.2) is 11.5 Å². The minimum atomic E-state index is -3.55. The van der Waals surface area contributed by atoms with Crippen molar-refractivity contribution in [1.29, 1.82) is 0 Å². The van der Waals surface area contributed by atoms with Gasteiger partial charge >= 0.3 is 0 Å². The van der Waals surface area contributed by atoms with Gasteiger partial charge in [-0.2, -0.15) is 4.31 Å². The number of anilines is 1. The lowest BCUT2D eigenvalue weighted by molar-refractivity contribution is 0.102. The SMILES string of the molecule is CCOc1ccc(NC(=O)c2ccc(S(=O)(=O)N(CC)CC)cc2)cc1OCC. The molecule has 0 bridgehead atoms. The molecular weight excluding hydrogens is 392 g/mol. The maximum Gasteiger partial charge on any atom is 0.255 e. The maximum absolute atomic E-state index is 12.6. The predicted octanol–water partition coefficient (Wildman–Crippen LogP) is 3.77. The van der Waals surface area contributed by atoms with Gasteiger partial charge in [-0.1, -0.05) is 13.8 Å². The Morgan fingerprint density at radius 1 is 0.897 bits per heavy atom. The second-order valence-corrected chi connectivity index (χ2v) is 8.03. The number of hydrogen-bond donors (Lipinski definition) is 1. The van der Waals surface area contributed by atoms with E-state index in [0.717, 1.165) is 0 Å². The summed E-state index contributed by atoms with van der Waals surface area (Å²) in [5, 5.41) is 2.80. The van der Waals surface area contributed by atoms with Gasteiger partial charge in [-0.3, -0.25) is 4.79 Å². The molecule has 0 radical (unpaired) electrons. The van der Waals surface area contributed by atoms with Crippen molar-refractivity contribution < 1.29 is 22.7 Å². The van der Waals surface area contributed by atoms with Crippen LogP contribution < -0.4 is 14.8 Å². The van der Waals surface area contributed by atoms with Gasteiger partial charge in [0, 0.05) is 30.4 Å². The first-order chi connectivity index (χ1) is 13.9. The quantitative estimate of drug-likeness (QED) is 0.632. The molecule has 0 unspecified atom stereocenters. The van der Waals surface area contributed by atoms with Crippen LogP contribution in [-0.4, -0.2) is 44.9 Å². The fourth-order valence-corrected chi connectivity index (χ4v) is 4.28. The smallest absolute Gasteiger partial charge is 0.255 e. The minimum absolute atomic E-state index is 0.164. The highest BCUT2D eigenvalue weighted by molar-refractivity contribution is 7.89. The minimum Gasteiger partial charge on any atom is -0.490 e. The number of nitrogens with zero attached hydrogens (tertiary/aromatic N) is 1. The number of nitrogens with one attached hydrogen (secondary N) is 1. The molecule has 2 aromatic rings. The normalized spacial score (nSPS) is 11.3. The summed E-state index contributed by atoms with van der Waals surface area (Å²) in [5.41, 5.74) is 0.914. The highest BCUT2D eigenvalue weighted by Crippen LogP contribution is 2.31. The van der Waals surface area contributed by atoms with E-state index in [4.69, 9.17) is 9.47 Å². The molecular formula is C21H28N2O5S. The Kier molecular flexibility index (Phi) is 8.04. The largest absolute Gasteiger partial charge is 0.490 e. The van der Waals surface area contributed by atoms with E-state index in [0.29, 0.717) is 49.1 Å². The van der Waals surface area contributed by atoms with Crippen molar-refractivity contribution in [3.8, 4) is 11.5 Å². The summed E-state index contributed by atoms with van der Waals surface area (Å²) in [6.45, 7) is 9.09. The first-order valence-electron chi connectivity index (χ1n) is 9.68. The number of sulfonamides is 1. The first-order valence-corrected chi connectivity index (χ1v) is 11.1. The van der Waals surface area contributed by atoms with E-state index in [1.54, 1.807) is 32.0 Å². The van der Waals surface area contributed by atoms with Gasteiger partial charge in [0.05, 0.1) is 18.1 Å². The Bertz CT molecular complexity index is 923. The second-order valence-electron chi connectivity index (χ2n) is 6.10. The molecule has 29 heavy (non-hydrogen) atoms. The molecule has 0 atom stereocenters. The van der Waals surface area contributed by atoms with Crippen molar-refractivity contribution in [1.82, 2.24) is 4.31 Å². The molecule has 0 fully saturated rings. The molecule has 7 nitrogen and oxygen atoms in total. The summed E-state index contributed by atoms with van der Waals surface area (Å²) in [5.74, 6) is 0.814. The molecule has 0 spiro atoms. The molecule has 0 aliphatic carbocycles. The van der Waals surface area contributed by atoms with Gasteiger partial charge in [0.25, 0.3) is 5.91 Å². The van der Waals surface area contributed by atoms with Gasteiger partial charge in [-0.05, 0) is 50.2 Å². The van der Waals surface area contributed by atoms with Gasteiger partial charge in [0.1, 0.15) is 0 Å². The van der Waals surface area contributed by atoms with Gasteiger partial charge in [-0.25, -0.2) is 8.42 Å². The van der Waals surface area contributed by atoms with E-state index < -0.39 is 10.0 Å². The maximum atomic E-state index is 12.6. The van der Waals surface area contributed by atoms with E-state index in [2.05, 4.69) is 5.32 Å². The fourth-order valence-electron chi connectivity index (χ4n) is 2.82. The number of carbonyl (C=O) groups is 1. The molecule has 0 aromatic heterocycles. The van der Waals surface area contributed by atoms with E-state index >= 15 is 0 Å². The molecule has 158 valence electrons. The van der Waals surface area contributed by atoms with Crippen LogP contribution in [0.3, 0.4) is 0 Å². The van der Waals surface area contributed by atoms with Crippen LogP contribution in [0.1, 0.15) is 38.1 Å². The third kappa shape index (κ3) is 5.48. The average Bonchev–Trinajstić information content (AvgIpc) is 2.71. The zero-order valence-corrected chi connectivity index (χ0v) is 18.1. The molecule has 0 saturated carbocycles. The van der Waals surface area contributed by atoms with Crippen molar-refractivity contribution in [2.75, 3.05) is 31.6 Å². The summed E-state index contributed by atoms with van der Waals surface area (Å²) < 4.78 is 37.6. The summed E-state index contributed by atoms with van der Waals surface area (Å²) in [6, 6.07) is 11.1. The number of ether oxygens (including phenoxy) is 2. The lowest BCUT2D eigenvalue weighted by Crippen LogP contribution is -2.30. The third-order valence-corrected chi connectivity index (χ3v) is 6.33. The third-order valence-electron chi connectivity index (χ3n) is 4.26. The lowest BCUT2D eigenvalue weighted by atomic mass is 10.2. The Labute approximate surface area is 172 Å². The molecule has 0 aliphatic heterocycles. The summed E-state index contributed by atoms with van der Waals surface area (Å²) in [4.78, 5) is 12.7. The van der Waals surface area contributed by atoms with E-state index in [-0.39, 0.29) is 10.8 Å². The first kappa shape index (κ1) is 22.7. The number of carbonyl (C=O) groups excluding carboxylic acids is 1. The summed E-state index contributed by atoms with van der Waals surface area (Å²) >= 11 is 0. The van der Waals surface area contributed by atoms with Gasteiger partial charge in [-0.15, -0.1) is 0 Å². The Morgan fingerprint density at radius 2 is 1.48 bits per heavy atom. The molecule has 2 aromatic carbocycles. The fraction of sp³-hybridized carbons (Fsp3) is 0.381. The van der Waals surface area contributed by atoms with Gasteiger partial charge in [0.2, 0.25) is 10.0 Å². The van der Waals surface area contributed by atoms with Crippen LogP contribution in [0.15, 0.2) is 47.4 Å². The molecule has 0 saturated heterocycles. The molecule has 0 aliphatic rings. The topological polar surface area (TPSA) is 84.9 Å².